The molecule has 6 rings (SSSR count). The summed E-state index contributed by atoms with van der Waals surface area (Å²) in [5, 5.41) is 13.8. The van der Waals surface area contributed by atoms with Gasteiger partial charge in [0.25, 0.3) is 11.8 Å². The molecule has 1 fully saturated rings. The van der Waals surface area contributed by atoms with Crippen molar-refractivity contribution in [1.29, 1.82) is 0 Å². The van der Waals surface area contributed by atoms with Crippen LogP contribution >= 0.6 is 0 Å². The molecule has 8 nitrogen and oxygen atoms in total. The van der Waals surface area contributed by atoms with Crippen molar-refractivity contribution in [2.75, 3.05) is 31.1 Å². The Bertz CT molecular complexity index is 1420. The van der Waals surface area contributed by atoms with E-state index in [0.717, 1.165) is 40.9 Å². The van der Waals surface area contributed by atoms with Crippen molar-refractivity contribution in [2.24, 2.45) is 0 Å². The molecule has 0 radical (unpaired) electrons. The Morgan fingerprint density at radius 3 is 2.56 bits per heavy atom. The highest BCUT2D eigenvalue weighted by atomic mass is 16.3. The molecule has 1 saturated heterocycles. The number of aromatic hydroxyl groups is 1. The van der Waals surface area contributed by atoms with Crippen molar-refractivity contribution >= 4 is 28.4 Å². The third-order valence-electron chi connectivity index (χ3n) is 6.69. The van der Waals surface area contributed by atoms with Crippen LogP contribution in [-0.2, 0) is 6.54 Å². The minimum atomic E-state index is -0.193. The van der Waals surface area contributed by atoms with Gasteiger partial charge in [0.15, 0.2) is 0 Å². The number of amides is 2. The maximum atomic E-state index is 13.2. The largest absolute Gasteiger partial charge is 0.508 e. The fourth-order valence-electron chi connectivity index (χ4n) is 4.87. The molecule has 4 aromatic rings. The number of rotatable bonds is 3. The molecule has 2 aromatic carbocycles. The van der Waals surface area contributed by atoms with E-state index in [1.54, 1.807) is 24.5 Å². The summed E-state index contributed by atoms with van der Waals surface area (Å²) in [6.07, 6.45) is 3.57. The van der Waals surface area contributed by atoms with Crippen LogP contribution in [0.1, 0.15) is 26.3 Å². The number of hydrogen-bond donors (Lipinski definition) is 3. The molecule has 2 amide bonds. The van der Waals surface area contributed by atoms with Gasteiger partial charge in [-0.1, -0.05) is 0 Å². The molecule has 4 heterocycles. The summed E-state index contributed by atoms with van der Waals surface area (Å²) in [6, 6.07) is 14.9. The van der Waals surface area contributed by atoms with E-state index >= 15 is 0 Å². The standard InChI is InChI=1S/C26H23N5O3/c32-23-4-2-19(24-20(23)15-28-25(24)33)22-14-17-13-16(1-3-21(17)29-22)26(34)31-11-9-30(10-12-31)18-5-7-27-8-6-18/h1-8,13-14,29,32H,9-12,15H2,(H,28,33). The highest BCUT2D eigenvalue weighted by Gasteiger charge is 2.27. The van der Waals surface area contributed by atoms with E-state index < -0.39 is 0 Å². The second-order valence-corrected chi connectivity index (χ2v) is 8.64. The fraction of sp³-hybridized carbons (Fsp3) is 0.192. The zero-order chi connectivity index (χ0) is 23.2. The number of phenols is 1. The number of H-pyrrole nitrogens is 1. The Balaban J connectivity index is 1.24. The average Bonchev–Trinajstić information content (AvgIpc) is 3.48. The van der Waals surface area contributed by atoms with Crippen LogP contribution < -0.4 is 10.2 Å². The topological polar surface area (TPSA) is 102 Å². The number of phenolic OH excluding ortho intramolecular Hbond substituents is 1. The zero-order valence-electron chi connectivity index (χ0n) is 18.4. The van der Waals surface area contributed by atoms with Gasteiger partial charge in [0.1, 0.15) is 5.75 Å². The lowest BCUT2D eigenvalue weighted by molar-refractivity contribution is 0.0746. The first-order valence-corrected chi connectivity index (χ1v) is 11.3. The van der Waals surface area contributed by atoms with Gasteiger partial charge in [0.2, 0.25) is 0 Å². The van der Waals surface area contributed by atoms with Crippen molar-refractivity contribution < 1.29 is 14.7 Å². The summed E-state index contributed by atoms with van der Waals surface area (Å²) in [5.41, 5.74) is 5.27. The van der Waals surface area contributed by atoms with Crippen LogP contribution in [0, 0.1) is 0 Å². The maximum Gasteiger partial charge on any atom is 0.253 e. The molecule has 2 aromatic heterocycles. The van der Waals surface area contributed by atoms with Crippen molar-refractivity contribution in [2.45, 2.75) is 6.54 Å². The Kier molecular flexibility index (Phi) is 4.72. The summed E-state index contributed by atoms with van der Waals surface area (Å²) < 4.78 is 0. The van der Waals surface area contributed by atoms with Crippen LogP contribution in [-0.4, -0.2) is 58.0 Å². The van der Waals surface area contributed by atoms with Crippen molar-refractivity contribution in [3.8, 4) is 17.0 Å². The second-order valence-electron chi connectivity index (χ2n) is 8.64. The summed E-state index contributed by atoms with van der Waals surface area (Å²) in [4.78, 5) is 37.1. The third kappa shape index (κ3) is 3.35. The zero-order valence-corrected chi connectivity index (χ0v) is 18.4. The van der Waals surface area contributed by atoms with Crippen LogP contribution in [0.4, 0.5) is 5.69 Å². The smallest absolute Gasteiger partial charge is 0.253 e. The number of anilines is 1. The summed E-state index contributed by atoms with van der Waals surface area (Å²) in [5.74, 6) is -0.0598. The molecule has 34 heavy (non-hydrogen) atoms. The van der Waals surface area contributed by atoms with Crippen LogP contribution in [0.25, 0.3) is 22.2 Å². The predicted molar refractivity (Wildman–Crippen MR) is 129 cm³/mol. The number of fused-ring (bicyclic) bond motifs is 2. The molecule has 170 valence electrons. The van der Waals surface area contributed by atoms with Crippen molar-refractivity contribution in [3.05, 3.63) is 77.6 Å². The number of hydrogen-bond acceptors (Lipinski definition) is 5. The number of aromatic amines is 1. The van der Waals surface area contributed by atoms with Gasteiger partial charge in [0, 0.05) is 84.1 Å². The molecule has 0 bridgehead atoms. The van der Waals surface area contributed by atoms with Crippen LogP contribution in [0.15, 0.2) is 60.9 Å². The lowest BCUT2D eigenvalue weighted by Gasteiger charge is -2.36. The highest BCUT2D eigenvalue weighted by molar-refractivity contribution is 6.06. The van der Waals surface area contributed by atoms with Gasteiger partial charge in [-0.3, -0.25) is 14.6 Å². The van der Waals surface area contributed by atoms with E-state index in [4.69, 9.17) is 0 Å². The lowest BCUT2D eigenvalue weighted by Crippen LogP contribution is -2.48. The first-order chi connectivity index (χ1) is 16.6. The van der Waals surface area contributed by atoms with Crippen molar-refractivity contribution in [1.82, 2.24) is 20.2 Å². The summed E-state index contributed by atoms with van der Waals surface area (Å²) in [7, 11) is 0. The number of nitrogens with one attached hydrogen (secondary N) is 2. The SMILES string of the molecule is O=C1NCc2c(O)ccc(-c3cc4cc(C(=O)N5CCN(c6ccncc6)CC5)ccc4[nH]3)c21. The third-order valence-corrected chi connectivity index (χ3v) is 6.69. The Morgan fingerprint density at radius 1 is 0.971 bits per heavy atom. The van der Waals surface area contributed by atoms with E-state index in [0.29, 0.717) is 36.3 Å². The molecule has 2 aliphatic heterocycles. The maximum absolute atomic E-state index is 13.2. The Hall–Kier alpha value is -4.33. The Labute approximate surface area is 195 Å². The van der Waals surface area contributed by atoms with Gasteiger partial charge in [-0.05, 0) is 48.5 Å². The number of carbonyl (C=O) groups is 2. The number of carbonyl (C=O) groups excluding carboxylic acids is 2. The van der Waals surface area contributed by atoms with E-state index in [1.807, 2.05) is 41.3 Å². The molecule has 8 heteroatoms. The van der Waals surface area contributed by atoms with Crippen LogP contribution in [0.2, 0.25) is 0 Å². The highest BCUT2D eigenvalue weighted by Crippen LogP contribution is 2.35. The molecule has 0 saturated carbocycles. The van der Waals surface area contributed by atoms with E-state index in [2.05, 4.69) is 20.2 Å². The van der Waals surface area contributed by atoms with E-state index in [-0.39, 0.29) is 17.6 Å². The predicted octanol–water partition coefficient (Wildman–Crippen LogP) is 3.14. The summed E-state index contributed by atoms with van der Waals surface area (Å²) >= 11 is 0. The molecule has 3 N–H and O–H groups in total. The molecular weight excluding hydrogens is 430 g/mol. The van der Waals surface area contributed by atoms with Crippen LogP contribution in [0.5, 0.6) is 5.75 Å². The monoisotopic (exact) mass is 453 g/mol. The van der Waals surface area contributed by atoms with Crippen LogP contribution in [0.3, 0.4) is 0 Å². The minimum absolute atomic E-state index is 0.0175. The minimum Gasteiger partial charge on any atom is -0.508 e. The number of nitrogens with zero attached hydrogens (tertiary/aromatic N) is 3. The van der Waals surface area contributed by atoms with Gasteiger partial charge in [0.05, 0.1) is 5.56 Å². The molecule has 0 aliphatic carbocycles. The van der Waals surface area contributed by atoms with Gasteiger partial charge in [-0.25, -0.2) is 0 Å². The van der Waals surface area contributed by atoms with E-state index in [1.165, 1.54) is 0 Å². The second kappa shape index (κ2) is 7.91. The number of aromatic nitrogens is 2. The first kappa shape index (κ1) is 20.3. The van der Waals surface area contributed by atoms with Gasteiger partial charge < -0.3 is 25.2 Å². The van der Waals surface area contributed by atoms with Gasteiger partial charge >= 0.3 is 0 Å². The lowest BCUT2D eigenvalue weighted by atomic mass is 9.99. The number of piperazine rings is 1. The summed E-state index contributed by atoms with van der Waals surface area (Å²) in [6.45, 7) is 3.19. The quantitative estimate of drug-likeness (QED) is 0.442. The number of pyridine rings is 1. The molecular formula is C26H23N5O3. The molecule has 0 atom stereocenters. The van der Waals surface area contributed by atoms with Crippen molar-refractivity contribution in [3.63, 3.8) is 0 Å². The molecule has 0 spiro atoms. The normalized spacial score (nSPS) is 15.5. The average molecular weight is 454 g/mol. The first-order valence-electron chi connectivity index (χ1n) is 11.3. The Morgan fingerprint density at radius 2 is 1.76 bits per heavy atom. The van der Waals surface area contributed by atoms with E-state index in [9.17, 15) is 14.7 Å². The molecule has 0 unspecified atom stereocenters. The molecule has 2 aliphatic rings. The van der Waals surface area contributed by atoms with Gasteiger partial charge in [-0.15, -0.1) is 0 Å². The fourth-order valence-corrected chi connectivity index (χ4v) is 4.87. The van der Waals surface area contributed by atoms with Gasteiger partial charge in [-0.2, -0.15) is 0 Å². The number of benzene rings is 2.